The third-order valence-electron chi connectivity index (χ3n) is 4.64. The number of fused-ring (bicyclic) bond motifs is 1. The molecule has 0 N–H and O–H groups in total. The number of para-hydroxylation sites is 1. The summed E-state index contributed by atoms with van der Waals surface area (Å²) in [6.07, 6.45) is 1.22. The molecule has 0 unspecified atom stereocenters. The smallest absolute Gasteiger partial charge is 0.145 e. The van der Waals surface area contributed by atoms with Gasteiger partial charge in [-0.1, -0.05) is 48.5 Å². The molecule has 0 bridgehead atoms. The van der Waals surface area contributed by atoms with Gasteiger partial charge in [0.15, 0.2) is 0 Å². The molecule has 3 nitrogen and oxygen atoms in total. The van der Waals surface area contributed by atoms with Gasteiger partial charge in [0.25, 0.3) is 0 Å². The Morgan fingerprint density at radius 3 is 2.65 bits per heavy atom. The maximum absolute atomic E-state index is 5.44. The zero-order chi connectivity index (χ0) is 15.6. The topological polar surface area (TPSA) is 25.4 Å². The minimum absolute atomic E-state index is 0.520. The first kappa shape index (κ1) is 14.2. The summed E-state index contributed by atoms with van der Waals surface area (Å²) in [5.41, 5.74) is 3.45. The van der Waals surface area contributed by atoms with E-state index in [1.807, 2.05) is 12.1 Å². The van der Waals surface area contributed by atoms with Crippen LogP contribution in [0.5, 0.6) is 5.75 Å². The van der Waals surface area contributed by atoms with Gasteiger partial charge >= 0.3 is 0 Å². The Labute approximate surface area is 136 Å². The van der Waals surface area contributed by atoms with Crippen molar-refractivity contribution in [2.24, 2.45) is 0 Å². The molecule has 4 rings (SSSR count). The molecule has 0 spiro atoms. The minimum atomic E-state index is 0.520. The maximum Gasteiger partial charge on any atom is 0.145 e. The number of likely N-dealkylation sites (tertiary alicyclic amines) is 1. The molecule has 1 saturated heterocycles. The molecule has 2 heterocycles. The van der Waals surface area contributed by atoms with Crippen molar-refractivity contribution in [2.75, 3.05) is 13.7 Å². The number of hydrogen-bond donors (Lipinski definition) is 0. The fourth-order valence-corrected chi connectivity index (χ4v) is 3.30. The lowest BCUT2D eigenvalue weighted by atomic mass is 9.94. The number of pyridine rings is 1. The van der Waals surface area contributed by atoms with Crippen molar-refractivity contribution >= 4 is 10.9 Å². The number of benzene rings is 2. The minimum Gasteiger partial charge on any atom is -0.494 e. The lowest BCUT2D eigenvalue weighted by molar-refractivity contribution is 0.0805. The Bertz CT molecular complexity index is 816. The Balaban J connectivity index is 1.58. The van der Waals surface area contributed by atoms with E-state index in [9.17, 15) is 0 Å². The third kappa shape index (κ3) is 2.68. The monoisotopic (exact) mass is 304 g/mol. The van der Waals surface area contributed by atoms with Gasteiger partial charge in [0, 0.05) is 24.5 Å². The van der Waals surface area contributed by atoms with E-state index < -0.39 is 0 Å². The van der Waals surface area contributed by atoms with Crippen LogP contribution in [0.15, 0.2) is 60.7 Å². The van der Waals surface area contributed by atoms with Crippen LogP contribution in [-0.2, 0) is 6.54 Å². The zero-order valence-corrected chi connectivity index (χ0v) is 13.3. The molecule has 0 saturated carbocycles. The summed E-state index contributed by atoms with van der Waals surface area (Å²) in [6, 6.07) is 21.6. The summed E-state index contributed by atoms with van der Waals surface area (Å²) in [5, 5.41) is 1.12. The number of rotatable bonds is 4. The first-order valence-corrected chi connectivity index (χ1v) is 8.07. The summed E-state index contributed by atoms with van der Waals surface area (Å²) in [5.74, 6) is 0.840. The highest BCUT2D eigenvalue weighted by Gasteiger charge is 2.29. The normalized spacial score (nSPS) is 17.9. The molecule has 3 aromatic rings. The van der Waals surface area contributed by atoms with E-state index in [-0.39, 0.29) is 0 Å². The summed E-state index contributed by atoms with van der Waals surface area (Å²) in [4.78, 5) is 7.31. The Kier molecular flexibility index (Phi) is 3.72. The molecule has 1 fully saturated rings. The van der Waals surface area contributed by atoms with Crippen molar-refractivity contribution in [1.82, 2.24) is 9.88 Å². The quantitative estimate of drug-likeness (QED) is 0.722. The fourth-order valence-electron chi connectivity index (χ4n) is 3.30. The predicted octanol–water partition coefficient (Wildman–Crippen LogP) is 4.19. The average Bonchev–Trinajstić information content (AvgIpc) is 2.59. The highest BCUT2D eigenvalue weighted by molar-refractivity contribution is 5.84. The van der Waals surface area contributed by atoms with Gasteiger partial charge < -0.3 is 4.74 Å². The van der Waals surface area contributed by atoms with Crippen molar-refractivity contribution in [3.8, 4) is 5.75 Å². The molecule has 1 aliphatic heterocycles. The summed E-state index contributed by atoms with van der Waals surface area (Å²) in [7, 11) is 1.70. The number of methoxy groups -OCH3 is 1. The van der Waals surface area contributed by atoms with Crippen LogP contribution in [0, 0.1) is 0 Å². The van der Waals surface area contributed by atoms with Crippen molar-refractivity contribution < 1.29 is 4.74 Å². The Morgan fingerprint density at radius 2 is 1.91 bits per heavy atom. The van der Waals surface area contributed by atoms with Crippen molar-refractivity contribution in [3.05, 3.63) is 71.9 Å². The van der Waals surface area contributed by atoms with Crippen LogP contribution in [0.1, 0.15) is 23.7 Å². The molecule has 23 heavy (non-hydrogen) atoms. The van der Waals surface area contributed by atoms with Gasteiger partial charge in [-0.3, -0.25) is 4.90 Å². The average molecular weight is 304 g/mol. The van der Waals surface area contributed by atoms with Gasteiger partial charge in [0.05, 0.1) is 12.8 Å². The van der Waals surface area contributed by atoms with Gasteiger partial charge in [-0.15, -0.1) is 0 Å². The third-order valence-corrected chi connectivity index (χ3v) is 4.64. The number of hydrogen-bond acceptors (Lipinski definition) is 3. The molecular weight excluding hydrogens is 284 g/mol. The van der Waals surface area contributed by atoms with Crippen LogP contribution in [0.3, 0.4) is 0 Å². The number of ether oxygens (including phenoxy) is 1. The second-order valence-electron chi connectivity index (χ2n) is 6.02. The van der Waals surface area contributed by atoms with Gasteiger partial charge in [-0.2, -0.15) is 0 Å². The van der Waals surface area contributed by atoms with E-state index in [1.165, 1.54) is 12.0 Å². The number of aromatic nitrogens is 1. The van der Waals surface area contributed by atoms with Crippen molar-refractivity contribution in [2.45, 2.75) is 19.0 Å². The Morgan fingerprint density at radius 1 is 1.04 bits per heavy atom. The lowest BCUT2D eigenvalue weighted by Crippen LogP contribution is -2.40. The second kappa shape index (κ2) is 6.01. The zero-order valence-electron chi connectivity index (χ0n) is 13.3. The lowest BCUT2D eigenvalue weighted by Gasteiger charge is -2.41. The SMILES string of the molecule is COc1cccc2ccc(CN3CC[C@@H]3c3ccccc3)nc12. The summed E-state index contributed by atoms with van der Waals surface area (Å²) < 4.78 is 5.44. The highest BCUT2D eigenvalue weighted by atomic mass is 16.5. The number of nitrogens with zero attached hydrogens (tertiary/aromatic N) is 2. The van der Waals surface area contributed by atoms with Crippen LogP contribution < -0.4 is 4.74 Å². The molecule has 0 radical (unpaired) electrons. The molecule has 0 aliphatic carbocycles. The van der Waals surface area contributed by atoms with Crippen molar-refractivity contribution in [3.63, 3.8) is 0 Å². The van der Waals surface area contributed by atoms with E-state index >= 15 is 0 Å². The Hall–Kier alpha value is -2.39. The first-order valence-electron chi connectivity index (χ1n) is 8.07. The van der Waals surface area contributed by atoms with Gasteiger partial charge in [-0.05, 0) is 24.1 Å². The van der Waals surface area contributed by atoms with Gasteiger partial charge in [-0.25, -0.2) is 4.98 Å². The molecular formula is C20H20N2O. The maximum atomic E-state index is 5.44. The molecule has 3 heteroatoms. The summed E-state index contributed by atoms with van der Waals surface area (Å²) in [6.45, 7) is 2.01. The van der Waals surface area contributed by atoms with Crippen molar-refractivity contribution in [1.29, 1.82) is 0 Å². The van der Waals surface area contributed by atoms with Crippen LogP contribution in [-0.4, -0.2) is 23.5 Å². The van der Waals surface area contributed by atoms with Crippen LogP contribution in [0.2, 0.25) is 0 Å². The van der Waals surface area contributed by atoms with Gasteiger partial charge in [0.1, 0.15) is 11.3 Å². The van der Waals surface area contributed by atoms with Crippen LogP contribution in [0.4, 0.5) is 0 Å². The standard InChI is InChI=1S/C20H20N2O/c1-23-19-9-5-8-16-10-11-17(21-20(16)19)14-22-13-12-18(22)15-6-3-2-4-7-15/h2-11,18H,12-14H2,1H3/t18-/m1/s1. The van der Waals surface area contributed by atoms with E-state index in [2.05, 4.69) is 53.4 Å². The second-order valence-corrected chi connectivity index (χ2v) is 6.02. The molecule has 2 aromatic carbocycles. The van der Waals surface area contributed by atoms with E-state index in [4.69, 9.17) is 9.72 Å². The highest BCUT2D eigenvalue weighted by Crippen LogP contribution is 2.34. The predicted molar refractivity (Wildman–Crippen MR) is 92.5 cm³/mol. The fraction of sp³-hybridized carbons (Fsp3) is 0.250. The van der Waals surface area contributed by atoms with E-state index in [0.29, 0.717) is 6.04 Å². The van der Waals surface area contributed by atoms with Crippen LogP contribution in [0.25, 0.3) is 10.9 Å². The van der Waals surface area contributed by atoms with Gasteiger partial charge in [0.2, 0.25) is 0 Å². The summed E-state index contributed by atoms with van der Waals surface area (Å²) >= 11 is 0. The van der Waals surface area contributed by atoms with Crippen LogP contribution >= 0.6 is 0 Å². The molecule has 116 valence electrons. The molecule has 0 amide bonds. The molecule has 1 atom stereocenters. The largest absolute Gasteiger partial charge is 0.494 e. The van der Waals surface area contributed by atoms with E-state index in [1.54, 1.807) is 7.11 Å². The first-order chi connectivity index (χ1) is 11.3. The van der Waals surface area contributed by atoms with E-state index in [0.717, 1.165) is 35.4 Å². The molecule has 1 aliphatic rings. The molecule has 1 aromatic heterocycles.